The van der Waals surface area contributed by atoms with Crippen LogP contribution in [0.1, 0.15) is 61.4 Å². The maximum Gasteiger partial charge on any atom is 0.159 e. The van der Waals surface area contributed by atoms with Gasteiger partial charge in [0, 0.05) is 36.0 Å². The van der Waals surface area contributed by atoms with Crippen LogP contribution in [-0.2, 0) is 5.75 Å². The molecule has 0 unspecified atom stereocenters. The summed E-state index contributed by atoms with van der Waals surface area (Å²) < 4.78 is 5.49. The summed E-state index contributed by atoms with van der Waals surface area (Å²) in [6.07, 6.45) is 7.80. The lowest BCUT2D eigenvalue weighted by Crippen LogP contribution is -2.43. The molecule has 25 heavy (non-hydrogen) atoms. The van der Waals surface area contributed by atoms with Gasteiger partial charge >= 0.3 is 0 Å². The van der Waals surface area contributed by atoms with E-state index in [-0.39, 0.29) is 5.78 Å². The number of rotatable bonds is 5. The highest BCUT2D eigenvalue weighted by Crippen LogP contribution is 2.30. The first-order valence-electron chi connectivity index (χ1n) is 9.31. The molecular weight excluding hydrogens is 332 g/mol. The molecule has 0 atom stereocenters. The quantitative estimate of drug-likeness (QED) is 0.724. The molecule has 1 saturated carbocycles. The standard InChI is InChI=1S/C20H28N2O2S/c1-15(23)16-9-10-19(24-2)17(13-16)14-25-20-21-11-6-12-22(20)18-7-4-3-5-8-18/h9-10,13,18H,3-8,11-12,14H2,1-2H3. The van der Waals surface area contributed by atoms with E-state index in [1.165, 1.54) is 37.3 Å². The number of carbonyl (C=O) groups excluding carboxylic acids is 1. The van der Waals surface area contributed by atoms with E-state index in [9.17, 15) is 4.79 Å². The molecule has 136 valence electrons. The first-order chi connectivity index (χ1) is 12.2. The van der Waals surface area contributed by atoms with E-state index < -0.39 is 0 Å². The predicted octanol–water partition coefficient (Wildman–Crippen LogP) is 4.53. The Bertz CT molecular complexity index is 639. The minimum atomic E-state index is 0.0905. The highest BCUT2D eigenvalue weighted by molar-refractivity contribution is 8.13. The monoisotopic (exact) mass is 360 g/mol. The molecule has 0 radical (unpaired) electrons. The van der Waals surface area contributed by atoms with Gasteiger partial charge < -0.3 is 9.64 Å². The highest BCUT2D eigenvalue weighted by atomic mass is 32.2. The van der Waals surface area contributed by atoms with E-state index in [4.69, 9.17) is 9.73 Å². The van der Waals surface area contributed by atoms with Crippen molar-refractivity contribution in [1.82, 2.24) is 4.90 Å². The Morgan fingerprint density at radius 1 is 1.28 bits per heavy atom. The average Bonchev–Trinajstić information content (AvgIpc) is 2.67. The lowest BCUT2D eigenvalue weighted by atomic mass is 9.94. The number of hydrogen-bond donors (Lipinski definition) is 0. The molecule has 1 aliphatic carbocycles. The summed E-state index contributed by atoms with van der Waals surface area (Å²) in [5.74, 6) is 1.72. The number of Topliss-reactive ketones (excluding diaryl/α,β-unsaturated/α-hetero) is 1. The fourth-order valence-electron chi connectivity index (χ4n) is 3.71. The molecule has 0 saturated heterocycles. The van der Waals surface area contributed by atoms with Crippen molar-refractivity contribution in [2.24, 2.45) is 4.99 Å². The van der Waals surface area contributed by atoms with Gasteiger partial charge in [0.25, 0.3) is 0 Å². The Hall–Kier alpha value is -1.49. The number of methoxy groups -OCH3 is 1. The lowest BCUT2D eigenvalue weighted by molar-refractivity contribution is 0.101. The lowest BCUT2D eigenvalue weighted by Gasteiger charge is -2.38. The molecule has 0 amide bonds. The summed E-state index contributed by atoms with van der Waals surface area (Å²) in [6.45, 7) is 3.66. The number of hydrogen-bond acceptors (Lipinski definition) is 5. The zero-order valence-electron chi connectivity index (χ0n) is 15.3. The number of carbonyl (C=O) groups is 1. The van der Waals surface area contributed by atoms with Gasteiger partial charge in [-0.1, -0.05) is 31.0 Å². The van der Waals surface area contributed by atoms with E-state index >= 15 is 0 Å². The van der Waals surface area contributed by atoms with Gasteiger partial charge in [-0.15, -0.1) is 0 Å². The van der Waals surface area contributed by atoms with E-state index in [2.05, 4.69) is 4.90 Å². The Morgan fingerprint density at radius 2 is 2.08 bits per heavy atom. The molecule has 5 heteroatoms. The molecule has 1 aromatic carbocycles. The van der Waals surface area contributed by atoms with E-state index in [1.807, 2.05) is 18.2 Å². The number of nitrogens with zero attached hydrogens (tertiary/aromatic N) is 2. The number of ketones is 1. The SMILES string of the molecule is COc1ccc(C(C)=O)cc1CSC1=NCCCN1C1CCCCC1. The molecule has 0 bridgehead atoms. The van der Waals surface area contributed by atoms with Crippen LogP contribution in [0.4, 0.5) is 0 Å². The van der Waals surface area contributed by atoms with Gasteiger partial charge in [-0.05, 0) is 44.4 Å². The first kappa shape index (κ1) is 18.3. The van der Waals surface area contributed by atoms with Crippen molar-refractivity contribution in [3.05, 3.63) is 29.3 Å². The fourth-order valence-corrected chi connectivity index (χ4v) is 4.81. The topological polar surface area (TPSA) is 41.9 Å². The van der Waals surface area contributed by atoms with Gasteiger partial charge in [-0.3, -0.25) is 9.79 Å². The number of thioether (sulfide) groups is 1. The zero-order chi connectivity index (χ0) is 17.6. The maximum atomic E-state index is 11.7. The Labute approximate surface area is 155 Å². The molecule has 4 nitrogen and oxygen atoms in total. The van der Waals surface area contributed by atoms with Crippen molar-refractivity contribution in [1.29, 1.82) is 0 Å². The smallest absolute Gasteiger partial charge is 0.159 e. The molecule has 0 aromatic heterocycles. The van der Waals surface area contributed by atoms with Crippen LogP contribution < -0.4 is 4.74 Å². The minimum absolute atomic E-state index is 0.0905. The summed E-state index contributed by atoms with van der Waals surface area (Å²) in [4.78, 5) is 19.0. The number of benzene rings is 1. The van der Waals surface area contributed by atoms with Crippen LogP contribution in [0.2, 0.25) is 0 Å². The van der Waals surface area contributed by atoms with Crippen LogP contribution in [0.3, 0.4) is 0 Å². The van der Waals surface area contributed by atoms with Gasteiger partial charge in [0.2, 0.25) is 0 Å². The normalized spacial score (nSPS) is 18.8. The van der Waals surface area contributed by atoms with Gasteiger partial charge in [0.1, 0.15) is 5.75 Å². The second-order valence-electron chi connectivity index (χ2n) is 6.87. The van der Waals surface area contributed by atoms with Crippen LogP contribution in [0.5, 0.6) is 5.75 Å². The predicted molar refractivity (Wildman–Crippen MR) is 105 cm³/mol. The number of amidine groups is 1. The number of aliphatic imine (C=N–C) groups is 1. The molecule has 1 aromatic rings. The van der Waals surface area contributed by atoms with Crippen molar-refractivity contribution >= 4 is 22.7 Å². The maximum absolute atomic E-state index is 11.7. The van der Waals surface area contributed by atoms with Crippen LogP contribution in [-0.4, -0.2) is 42.1 Å². The van der Waals surface area contributed by atoms with Crippen molar-refractivity contribution in [2.45, 2.75) is 57.2 Å². The van der Waals surface area contributed by atoms with Crippen LogP contribution >= 0.6 is 11.8 Å². The van der Waals surface area contributed by atoms with E-state index in [0.29, 0.717) is 6.04 Å². The second-order valence-corrected chi connectivity index (χ2v) is 7.82. The fraction of sp³-hybridized carbons (Fsp3) is 0.600. The third-order valence-electron chi connectivity index (χ3n) is 5.11. The largest absolute Gasteiger partial charge is 0.496 e. The molecule has 1 fully saturated rings. The van der Waals surface area contributed by atoms with Gasteiger partial charge in [-0.2, -0.15) is 0 Å². The Morgan fingerprint density at radius 3 is 2.80 bits per heavy atom. The van der Waals surface area contributed by atoms with Gasteiger partial charge in [0.05, 0.1) is 7.11 Å². The van der Waals surface area contributed by atoms with Crippen molar-refractivity contribution in [3.8, 4) is 5.75 Å². The molecule has 2 aliphatic rings. The summed E-state index contributed by atoms with van der Waals surface area (Å²) in [5.41, 5.74) is 1.81. The Balaban J connectivity index is 1.71. The van der Waals surface area contributed by atoms with Crippen LogP contribution in [0, 0.1) is 0 Å². The molecule has 3 rings (SSSR count). The van der Waals surface area contributed by atoms with E-state index in [0.717, 1.165) is 42.1 Å². The molecular formula is C20H28N2O2S. The van der Waals surface area contributed by atoms with Crippen molar-refractivity contribution in [3.63, 3.8) is 0 Å². The van der Waals surface area contributed by atoms with E-state index in [1.54, 1.807) is 25.8 Å². The molecule has 1 heterocycles. The summed E-state index contributed by atoms with van der Waals surface area (Å²) in [7, 11) is 1.68. The Kier molecular flexibility index (Phi) is 6.40. The summed E-state index contributed by atoms with van der Waals surface area (Å²) in [6, 6.07) is 6.35. The first-order valence-corrected chi connectivity index (χ1v) is 10.3. The van der Waals surface area contributed by atoms with Crippen LogP contribution in [0.25, 0.3) is 0 Å². The van der Waals surface area contributed by atoms with Crippen LogP contribution in [0.15, 0.2) is 23.2 Å². The van der Waals surface area contributed by atoms with Crippen molar-refractivity contribution < 1.29 is 9.53 Å². The zero-order valence-corrected chi connectivity index (χ0v) is 16.1. The summed E-state index contributed by atoms with van der Waals surface area (Å²) >= 11 is 1.79. The summed E-state index contributed by atoms with van der Waals surface area (Å²) in [5, 5.41) is 1.17. The minimum Gasteiger partial charge on any atom is -0.496 e. The van der Waals surface area contributed by atoms with Crippen molar-refractivity contribution in [2.75, 3.05) is 20.2 Å². The molecule has 0 N–H and O–H groups in total. The third kappa shape index (κ3) is 4.57. The van der Waals surface area contributed by atoms with Gasteiger partial charge in [-0.25, -0.2) is 0 Å². The highest BCUT2D eigenvalue weighted by Gasteiger charge is 2.26. The molecule has 0 spiro atoms. The molecule has 1 aliphatic heterocycles. The van der Waals surface area contributed by atoms with Gasteiger partial charge in [0.15, 0.2) is 11.0 Å². The number of ether oxygens (including phenoxy) is 1. The average molecular weight is 361 g/mol. The second kappa shape index (κ2) is 8.75. The third-order valence-corrected chi connectivity index (χ3v) is 6.19.